The topological polar surface area (TPSA) is 127 Å². The quantitative estimate of drug-likeness (QED) is 0.688. The summed E-state index contributed by atoms with van der Waals surface area (Å²) in [5, 5.41) is 31.2. The summed E-state index contributed by atoms with van der Waals surface area (Å²) in [4.78, 5) is 10.7. The molecule has 0 aliphatic heterocycles. The molecule has 0 saturated heterocycles. The van der Waals surface area contributed by atoms with Crippen LogP contribution in [0, 0.1) is 0 Å². The zero-order valence-electron chi connectivity index (χ0n) is 10.2. The van der Waals surface area contributed by atoms with Gasteiger partial charge in [0.1, 0.15) is 6.10 Å². The first-order valence-electron chi connectivity index (χ1n) is 5.66. The van der Waals surface area contributed by atoms with Crippen molar-refractivity contribution in [3.05, 3.63) is 35.2 Å². The molecule has 2 aromatic heterocycles. The van der Waals surface area contributed by atoms with Gasteiger partial charge in [0.15, 0.2) is 11.0 Å². The third-order valence-electron chi connectivity index (χ3n) is 2.57. The summed E-state index contributed by atoms with van der Waals surface area (Å²) < 4.78 is 1.36. The van der Waals surface area contributed by atoms with Gasteiger partial charge < -0.3 is 15.9 Å². The molecule has 106 valence electrons. The molecular formula is C11H12ClN5O3. The number of nitrogens with zero attached hydrogens (tertiary/aromatic N) is 4. The van der Waals surface area contributed by atoms with Gasteiger partial charge in [-0.3, -0.25) is 4.79 Å². The molecule has 2 aromatic rings. The van der Waals surface area contributed by atoms with E-state index < -0.39 is 18.1 Å². The van der Waals surface area contributed by atoms with Crippen LogP contribution in [0.4, 0.5) is 0 Å². The van der Waals surface area contributed by atoms with Crippen LogP contribution in [-0.2, 0) is 4.79 Å². The molecule has 1 amide bonds. The van der Waals surface area contributed by atoms with Crippen molar-refractivity contribution in [3.63, 3.8) is 0 Å². The van der Waals surface area contributed by atoms with E-state index in [0.29, 0.717) is 11.4 Å². The molecule has 0 spiro atoms. The lowest BCUT2D eigenvalue weighted by Crippen LogP contribution is -2.25. The third-order valence-corrected chi connectivity index (χ3v) is 2.77. The summed E-state index contributed by atoms with van der Waals surface area (Å²) in [6, 6.07) is 3.14. The maximum atomic E-state index is 10.7. The fourth-order valence-electron chi connectivity index (χ4n) is 1.59. The minimum Gasteiger partial charge on any atom is -0.390 e. The zero-order valence-corrected chi connectivity index (χ0v) is 11.0. The number of hydrogen-bond donors (Lipinski definition) is 3. The Morgan fingerprint density at radius 3 is 2.75 bits per heavy atom. The van der Waals surface area contributed by atoms with Gasteiger partial charge in [0.05, 0.1) is 18.7 Å². The molecule has 0 bridgehead atoms. The number of primary amides is 1. The van der Waals surface area contributed by atoms with Crippen LogP contribution in [0.1, 0.15) is 18.1 Å². The van der Waals surface area contributed by atoms with Gasteiger partial charge in [-0.25, -0.2) is 4.68 Å². The van der Waals surface area contributed by atoms with Crippen molar-refractivity contribution in [1.29, 1.82) is 0 Å². The molecule has 2 atom stereocenters. The van der Waals surface area contributed by atoms with Crippen molar-refractivity contribution in [2.45, 2.75) is 18.6 Å². The molecule has 0 saturated carbocycles. The molecule has 9 heteroatoms. The van der Waals surface area contributed by atoms with E-state index >= 15 is 0 Å². The number of nitrogens with two attached hydrogens (primary N) is 1. The smallest absolute Gasteiger partial charge is 0.220 e. The van der Waals surface area contributed by atoms with Crippen LogP contribution in [0.3, 0.4) is 0 Å². The highest BCUT2D eigenvalue weighted by molar-refractivity contribution is 6.29. The second-order valence-electron chi connectivity index (χ2n) is 4.12. The van der Waals surface area contributed by atoms with E-state index in [2.05, 4.69) is 15.3 Å². The predicted molar refractivity (Wildman–Crippen MR) is 68.9 cm³/mol. The maximum absolute atomic E-state index is 10.7. The fourth-order valence-corrected chi connectivity index (χ4v) is 1.69. The first-order valence-corrected chi connectivity index (χ1v) is 6.04. The summed E-state index contributed by atoms with van der Waals surface area (Å²) >= 11 is 5.62. The summed E-state index contributed by atoms with van der Waals surface area (Å²) in [5.74, 6) is -0.301. The monoisotopic (exact) mass is 297 g/mol. The molecule has 8 nitrogen and oxygen atoms in total. The number of halogens is 1. The van der Waals surface area contributed by atoms with Crippen LogP contribution < -0.4 is 5.73 Å². The second-order valence-corrected chi connectivity index (χ2v) is 4.50. The average Bonchev–Trinajstić information content (AvgIpc) is 2.87. The van der Waals surface area contributed by atoms with Gasteiger partial charge >= 0.3 is 0 Å². The van der Waals surface area contributed by atoms with E-state index in [1.165, 1.54) is 17.1 Å². The van der Waals surface area contributed by atoms with Crippen molar-refractivity contribution in [1.82, 2.24) is 20.0 Å². The molecule has 0 fully saturated rings. The predicted octanol–water partition coefficient (Wildman–Crippen LogP) is -0.415. The van der Waals surface area contributed by atoms with Gasteiger partial charge in [0, 0.05) is 11.8 Å². The van der Waals surface area contributed by atoms with E-state index in [1.54, 1.807) is 12.1 Å². The molecule has 2 heterocycles. The Kier molecular flexibility index (Phi) is 4.28. The molecule has 0 aliphatic carbocycles. The van der Waals surface area contributed by atoms with E-state index in [4.69, 9.17) is 17.3 Å². The first-order chi connectivity index (χ1) is 9.47. The van der Waals surface area contributed by atoms with Gasteiger partial charge in [-0.15, -0.1) is 10.2 Å². The molecular weight excluding hydrogens is 286 g/mol. The van der Waals surface area contributed by atoms with Crippen molar-refractivity contribution in [3.8, 4) is 5.82 Å². The maximum Gasteiger partial charge on any atom is 0.220 e. The number of aliphatic hydroxyl groups excluding tert-OH is 2. The van der Waals surface area contributed by atoms with Crippen LogP contribution >= 0.6 is 11.6 Å². The normalized spacial score (nSPS) is 13.9. The van der Waals surface area contributed by atoms with E-state index in [1.807, 2.05) is 0 Å². The minimum absolute atomic E-state index is 0.248. The molecule has 0 aliphatic rings. The van der Waals surface area contributed by atoms with Crippen LogP contribution in [0.2, 0.25) is 5.15 Å². The lowest BCUT2D eigenvalue weighted by atomic mass is 10.1. The van der Waals surface area contributed by atoms with E-state index in [0.717, 1.165) is 0 Å². The Hall–Kier alpha value is -2.03. The van der Waals surface area contributed by atoms with Crippen LogP contribution in [-0.4, -0.2) is 42.2 Å². The highest BCUT2D eigenvalue weighted by Crippen LogP contribution is 2.19. The third kappa shape index (κ3) is 3.29. The van der Waals surface area contributed by atoms with Gasteiger partial charge in [0.25, 0.3) is 0 Å². The van der Waals surface area contributed by atoms with Gasteiger partial charge in [-0.1, -0.05) is 11.6 Å². The van der Waals surface area contributed by atoms with E-state index in [-0.39, 0.29) is 11.6 Å². The average molecular weight is 298 g/mol. The summed E-state index contributed by atoms with van der Waals surface area (Å²) in [6.45, 7) is 0. The van der Waals surface area contributed by atoms with Gasteiger partial charge in [-0.05, 0) is 12.1 Å². The number of aromatic nitrogens is 4. The molecule has 2 unspecified atom stereocenters. The Morgan fingerprint density at radius 2 is 2.15 bits per heavy atom. The molecule has 0 radical (unpaired) electrons. The molecule has 0 aromatic carbocycles. The van der Waals surface area contributed by atoms with E-state index in [9.17, 15) is 15.0 Å². The van der Waals surface area contributed by atoms with Crippen molar-refractivity contribution < 1.29 is 15.0 Å². The molecule has 4 N–H and O–H groups in total. The first kappa shape index (κ1) is 14.4. The second kappa shape index (κ2) is 5.95. The number of rotatable bonds is 5. The summed E-state index contributed by atoms with van der Waals surface area (Å²) in [5.41, 5.74) is 5.29. The van der Waals surface area contributed by atoms with Crippen molar-refractivity contribution >= 4 is 17.5 Å². The number of hydrogen-bond acceptors (Lipinski definition) is 6. The largest absolute Gasteiger partial charge is 0.390 e. The highest BCUT2D eigenvalue weighted by atomic mass is 35.5. The zero-order chi connectivity index (χ0) is 14.7. The highest BCUT2D eigenvalue weighted by Gasteiger charge is 2.22. The number of amides is 1. The van der Waals surface area contributed by atoms with Gasteiger partial charge in [-0.2, -0.15) is 5.10 Å². The molecule has 20 heavy (non-hydrogen) atoms. The number of carbonyl (C=O) groups is 1. The van der Waals surface area contributed by atoms with Crippen LogP contribution in [0.15, 0.2) is 24.5 Å². The fraction of sp³-hybridized carbons (Fsp3) is 0.273. The van der Waals surface area contributed by atoms with Crippen LogP contribution in [0.5, 0.6) is 0 Å². The van der Waals surface area contributed by atoms with Crippen molar-refractivity contribution in [2.75, 3.05) is 0 Å². The standard InChI is InChI=1S/C11H12ClN5O3/c12-8-1-2-10(16-15-8)17-5-6(4-14-17)11(20)7(18)3-9(13)19/h1-2,4-5,7,11,18,20H,3H2,(H2,13,19). The number of aliphatic hydroxyl groups is 2. The lowest BCUT2D eigenvalue weighted by Gasteiger charge is -2.14. The molecule has 2 rings (SSSR count). The Bertz CT molecular complexity index is 600. The lowest BCUT2D eigenvalue weighted by molar-refractivity contribution is -0.121. The van der Waals surface area contributed by atoms with Crippen LogP contribution in [0.25, 0.3) is 5.82 Å². The van der Waals surface area contributed by atoms with Crippen molar-refractivity contribution in [2.24, 2.45) is 5.73 Å². The van der Waals surface area contributed by atoms with Gasteiger partial charge in [0.2, 0.25) is 5.91 Å². The SMILES string of the molecule is NC(=O)CC(O)C(O)c1cnn(-c2ccc(Cl)nn2)c1. The number of carbonyl (C=O) groups excluding carboxylic acids is 1. The Labute approximate surface area is 118 Å². The summed E-state index contributed by atoms with van der Waals surface area (Å²) in [7, 11) is 0. The minimum atomic E-state index is -1.29. The summed E-state index contributed by atoms with van der Waals surface area (Å²) in [6.07, 6.45) is -0.0802. The Balaban J connectivity index is 2.16. The Morgan fingerprint density at radius 1 is 1.40 bits per heavy atom.